The monoisotopic (exact) mass is 394 g/mol. The molecule has 0 saturated carbocycles. The Balaban J connectivity index is 1.91. The fourth-order valence-corrected chi connectivity index (χ4v) is 4.71. The molecular weight excluding hydrogens is 364 g/mol. The van der Waals surface area contributed by atoms with Crippen molar-refractivity contribution in [3.63, 3.8) is 0 Å². The van der Waals surface area contributed by atoms with Gasteiger partial charge < -0.3 is 14.8 Å². The predicted octanol–water partition coefficient (Wildman–Crippen LogP) is 4.72. The first-order valence-corrected chi connectivity index (χ1v) is 10.6. The Bertz CT molecular complexity index is 923. The van der Waals surface area contributed by atoms with Crippen LogP contribution < -0.4 is 14.8 Å². The highest BCUT2D eigenvalue weighted by Gasteiger charge is 2.37. The van der Waals surface area contributed by atoms with Crippen LogP contribution in [0.1, 0.15) is 49.9 Å². The van der Waals surface area contributed by atoms with Gasteiger partial charge in [-0.3, -0.25) is 4.90 Å². The number of ether oxygens (including phenoxy) is 2. The minimum absolute atomic E-state index is 0.00237. The van der Waals surface area contributed by atoms with E-state index < -0.39 is 6.09 Å². The molecule has 2 aromatic carbocycles. The Morgan fingerprint density at radius 3 is 2.79 bits per heavy atom. The Kier molecular flexibility index (Phi) is 5.50. The van der Waals surface area contributed by atoms with Crippen molar-refractivity contribution in [3.8, 4) is 22.6 Å². The average molecular weight is 395 g/mol. The quantitative estimate of drug-likeness (QED) is 0.797. The molecule has 1 amide bonds. The lowest BCUT2D eigenvalue weighted by atomic mass is 9.76. The molecule has 0 bridgehead atoms. The zero-order valence-corrected chi connectivity index (χ0v) is 17.7. The van der Waals surface area contributed by atoms with Crippen molar-refractivity contribution in [1.29, 1.82) is 0 Å². The number of amides is 1. The molecule has 0 radical (unpaired) electrons. The summed E-state index contributed by atoms with van der Waals surface area (Å²) in [7, 11) is 1.64. The smallest absolute Gasteiger partial charge is 0.412 e. The molecule has 0 unspecified atom stereocenters. The maximum Gasteiger partial charge on any atom is 0.412 e. The van der Waals surface area contributed by atoms with Gasteiger partial charge in [0.05, 0.1) is 7.11 Å². The van der Waals surface area contributed by atoms with Crippen molar-refractivity contribution < 1.29 is 14.3 Å². The molecule has 5 nitrogen and oxygen atoms in total. The first kappa shape index (κ1) is 19.8. The van der Waals surface area contributed by atoms with Gasteiger partial charge in [0, 0.05) is 24.2 Å². The van der Waals surface area contributed by atoms with Crippen LogP contribution in [0, 0.1) is 0 Å². The molecule has 1 aliphatic heterocycles. The molecule has 1 atom stereocenters. The first-order valence-electron chi connectivity index (χ1n) is 10.6. The highest BCUT2D eigenvalue weighted by Crippen LogP contribution is 2.52. The third-order valence-electron chi connectivity index (χ3n) is 5.85. The van der Waals surface area contributed by atoms with E-state index in [-0.39, 0.29) is 6.04 Å². The number of rotatable bonds is 5. The second kappa shape index (κ2) is 8.07. The van der Waals surface area contributed by atoms with E-state index >= 15 is 0 Å². The number of nitrogens with one attached hydrogen (secondary N) is 1. The van der Waals surface area contributed by atoms with E-state index in [9.17, 15) is 4.79 Å². The zero-order chi connectivity index (χ0) is 20.5. The molecule has 29 heavy (non-hydrogen) atoms. The number of fused-ring (bicyclic) bond motifs is 2. The summed E-state index contributed by atoms with van der Waals surface area (Å²) in [4.78, 5) is 15.1. The fourth-order valence-electron chi connectivity index (χ4n) is 4.71. The molecule has 1 aliphatic carbocycles. The fraction of sp³-hybridized carbons (Fsp3) is 0.458. The Labute approximate surface area is 173 Å². The summed E-state index contributed by atoms with van der Waals surface area (Å²) in [6.45, 7) is 8.19. The van der Waals surface area contributed by atoms with Gasteiger partial charge in [0.1, 0.15) is 0 Å². The van der Waals surface area contributed by atoms with Crippen LogP contribution in [0.5, 0.6) is 11.5 Å². The lowest BCUT2D eigenvalue weighted by Crippen LogP contribution is -2.39. The molecule has 1 N–H and O–H groups in total. The summed E-state index contributed by atoms with van der Waals surface area (Å²) in [6.07, 6.45) is 2.64. The number of methoxy groups -OCH3 is 1. The molecule has 154 valence electrons. The van der Waals surface area contributed by atoms with Crippen LogP contribution in [0.3, 0.4) is 0 Å². The summed E-state index contributed by atoms with van der Waals surface area (Å²) < 4.78 is 11.6. The highest BCUT2D eigenvalue weighted by molar-refractivity contribution is 5.86. The van der Waals surface area contributed by atoms with E-state index in [0.29, 0.717) is 17.5 Å². The molecule has 2 aliphatic rings. The van der Waals surface area contributed by atoms with Crippen LogP contribution >= 0.6 is 0 Å². The largest absolute Gasteiger partial charge is 0.493 e. The Hall–Kier alpha value is -2.53. The highest BCUT2D eigenvalue weighted by atomic mass is 16.6. The van der Waals surface area contributed by atoms with E-state index in [4.69, 9.17) is 9.47 Å². The summed E-state index contributed by atoms with van der Waals surface area (Å²) in [5.74, 6) is 1.15. The Morgan fingerprint density at radius 2 is 2.07 bits per heavy atom. The molecule has 4 rings (SSSR count). The second-order valence-corrected chi connectivity index (χ2v) is 8.21. The topological polar surface area (TPSA) is 50.8 Å². The van der Waals surface area contributed by atoms with Gasteiger partial charge in [0.25, 0.3) is 0 Å². The van der Waals surface area contributed by atoms with Crippen molar-refractivity contribution >= 4 is 6.09 Å². The van der Waals surface area contributed by atoms with Gasteiger partial charge in [-0.1, -0.05) is 31.2 Å². The van der Waals surface area contributed by atoms with E-state index in [1.54, 1.807) is 7.11 Å². The molecule has 5 heteroatoms. The first-order chi connectivity index (χ1) is 14.0. The number of hydrogen-bond donors (Lipinski definition) is 1. The summed E-state index contributed by atoms with van der Waals surface area (Å²) >= 11 is 0. The van der Waals surface area contributed by atoms with Crippen molar-refractivity contribution in [2.24, 2.45) is 0 Å². The van der Waals surface area contributed by atoms with Gasteiger partial charge in [0.15, 0.2) is 11.5 Å². The molecule has 0 saturated heterocycles. The summed E-state index contributed by atoms with van der Waals surface area (Å²) in [5.41, 5.74) is 6.06. The molecule has 0 spiro atoms. The maximum absolute atomic E-state index is 12.5. The second-order valence-electron chi connectivity index (χ2n) is 8.21. The zero-order valence-electron chi connectivity index (χ0n) is 17.7. The molecule has 0 fully saturated rings. The SMILES string of the molecule is CCCN1CCc2cc(OC)c(OC(=O)NC(C)C)c3c2[C@H]1Cc1ccccc1-3. The van der Waals surface area contributed by atoms with Gasteiger partial charge in [-0.25, -0.2) is 4.79 Å². The van der Waals surface area contributed by atoms with Gasteiger partial charge in [-0.05, 0) is 68.0 Å². The molecule has 1 heterocycles. The number of carbonyl (C=O) groups excluding carboxylic acids is 1. The standard InChI is InChI=1S/C24H30N2O3/c1-5-11-26-12-10-17-14-20(28-4)23(29-24(27)25-15(2)3)22-18-9-7-6-8-16(18)13-19(26)21(17)22/h6-9,14-15,19H,5,10-13H2,1-4H3,(H,25,27)/t19-/m1/s1. The number of nitrogens with zero attached hydrogens (tertiary/aromatic N) is 1. The maximum atomic E-state index is 12.5. The number of carbonyl (C=O) groups is 1. The van der Waals surface area contributed by atoms with E-state index in [2.05, 4.69) is 47.5 Å². The van der Waals surface area contributed by atoms with Crippen molar-refractivity contribution in [2.75, 3.05) is 20.2 Å². The van der Waals surface area contributed by atoms with Crippen LogP contribution in [0.4, 0.5) is 4.79 Å². The van der Waals surface area contributed by atoms with Crippen molar-refractivity contribution in [1.82, 2.24) is 10.2 Å². The van der Waals surface area contributed by atoms with Crippen LogP contribution in [0.2, 0.25) is 0 Å². The van der Waals surface area contributed by atoms with Crippen LogP contribution in [0.15, 0.2) is 30.3 Å². The summed E-state index contributed by atoms with van der Waals surface area (Å²) in [6, 6.07) is 10.8. The number of benzene rings is 2. The minimum Gasteiger partial charge on any atom is -0.493 e. The van der Waals surface area contributed by atoms with Gasteiger partial charge >= 0.3 is 6.09 Å². The third kappa shape index (κ3) is 3.60. The Morgan fingerprint density at radius 1 is 1.28 bits per heavy atom. The number of hydrogen-bond acceptors (Lipinski definition) is 4. The summed E-state index contributed by atoms with van der Waals surface area (Å²) in [5, 5.41) is 2.83. The van der Waals surface area contributed by atoms with Gasteiger partial charge in [-0.15, -0.1) is 0 Å². The van der Waals surface area contributed by atoms with Gasteiger partial charge in [-0.2, -0.15) is 0 Å². The van der Waals surface area contributed by atoms with E-state index in [1.165, 1.54) is 16.7 Å². The van der Waals surface area contributed by atoms with Crippen molar-refractivity contribution in [2.45, 2.75) is 52.1 Å². The van der Waals surface area contributed by atoms with E-state index in [0.717, 1.165) is 43.5 Å². The van der Waals surface area contributed by atoms with Crippen molar-refractivity contribution in [3.05, 3.63) is 47.0 Å². The van der Waals surface area contributed by atoms with Gasteiger partial charge in [0.2, 0.25) is 0 Å². The normalized spacial score (nSPS) is 17.5. The lowest BCUT2D eigenvalue weighted by Gasteiger charge is -2.42. The van der Waals surface area contributed by atoms with Crippen LogP contribution in [-0.4, -0.2) is 37.2 Å². The average Bonchev–Trinajstić information content (AvgIpc) is 2.70. The third-order valence-corrected chi connectivity index (χ3v) is 5.85. The van der Waals surface area contributed by atoms with E-state index in [1.807, 2.05) is 13.8 Å². The molecular formula is C24H30N2O3. The lowest BCUT2D eigenvalue weighted by molar-refractivity contribution is 0.180. The predicted molar refractivity (Wildman–Crippen MR) is 115 cm³/mol. The molecule has 0 aromatic heterocycles. The van der Waals surface area contributed by atoms with Crippen LogP contribution in [-0.2, 0) is 12.8 Å². The molecule has 2 aromatic rings. The minimum atomic E-state index is -0.449. The van der Waals surface area contributed by atoms with Crippen LogP contribution in [0.25, 0.3) is 11.1 Å².